The van der Waals surface area contributed by atoms with Crippen LogP contribution in [0.15, 0.2) is 48.8 Å². The minimum atomic E-state index is -2.93. The number of carbonyl (C=O) groups is 1. The third kappa shape index (κ3) is 5.56. The summed E-state index contributed by atoms with van der Waals surface area (Å²) in [6.07, 6.45) is 6.34. The van der Waals surface area contributed by atoms with Crippen LogP contribution >= 0.6 is 0 Å². The van der Waals surface area contributed by atoms with E-state index >= 15 is 0 Å². The predicted octanol–water partition coefficient (Wildman–Crippen LogP) is 3.36. The number of nitrogens with zero attached hydrogens (tertiary/aromatic N) is 2. The monoisotopic (exact) mass is 348 g/mol. The lowest BCUT2D eigenvalue weighted by molar-refractivity contribution is -0.125. The fourth-order valence-electron chi connectivity index (χ4n) is 2.12. The van der Waals surface area contributed by atoms with Crippen LogP contribution in [0.5, 0.6) is 11.5 Å². The molecule has 0 saturated heterocycles. The van der Waals surface area contributed by atoms with Crippen LogP contribution < -0.4 is 9.47 Å². The van der Waals surface area contributed by atoms with Crippen LogP contribution in [0.2, 0.25) is 0 Å². The molecule has 1 aromatic heterocycles. The van der Waals surface area contributed by atoms with E-state index in [-0.39, 0.29) is 17.4 Å². The van der Waals surface area contributed by atoms with E-state index in [0.29, 0.717) is 12.1 Å². The average Bonchev–Trinajstić information content (AvgIpc) is 2.60. The van der Waals surface area contributed by atoms with Crippen molar-refractivity contribution in [2.75, 3.05) is 14.2 Å². The van der Waals surface area contributed by atoms with Gasteiger partial charge in [0.2, 0.25) is 5.91 Å². The van der Waals surface area contributed by atoms with Gasteiger partial charge >= 0.3 is 6.61 Å². The maximum absolute atomic E-state index is 12.3. The van der Waals surface area contributed by atoms with Crippen LogP contribution in [-0.4, -0.2) is 36.6 Å². The van der Waals surface area contributed by atoms with Crippen molar-refractivity contribution in [3.8, 4) is 11.5 Å². The van der Waals surface area contributed by atoms with Crippen molar-refractivity contribution in [2.24, 2.45) is 0 Å². The van der Waals surface area contributed by atoms with Gasteiger partial charge in [0.1, 0.15) is 0 Å². The van der Waals surface area contributed by atoms with Crippen LogP contribution in [0.3, 0.4) is 0 Å². The van der Waals surface area contributed by atoms with Crippen molar-refractivity contribution in [3.05, 3.63) is 59.9 Å². The van der Waals surface area contributed by atoms with Gasteiger partial charge in [-0.1, -0.05) is 12.1 Å². The zero-order valence-electron chi connectivity index (χ0n) is 13.9. The first-order valence-corrected chi connectivity index (χ1v) is 7.44. The SMILES string of the molecule is COc1cc(/C=C/C(=O)N(C)Cc2cccnc2)ccc1OC(F)F. The molecule has 0 N–H and O–H groups in total. The van der Waals surface area contributed by atoms with Crippen molar-refractivity contribution in [1.29, 1.82) is 0 Å². The van der Waals surface area contributed by atoms with Crippen molar-refractivity contribution in [3.63, 3.8) is 0 Å². The van der Waals surface area contributed by atoms with E-state index in [4.69, 9.17) is 4.74 Å². The zero-order chi connectivity index (χ0) is 18.2. The molecular formula is C18H18F2N2O3. The summed E-state index contributed by atoms with van der Waals surface area (Å²) in [6.45, 7) is -2.50. The van der Waals surface area contributed by atoms with Gasteiger partial charge in [-0.15, -0.1) is 0 Å². The van der Waals surface area contributed by atoms with E-state index in [0.717, 1.165) is 5.56 Å². The topological polar surface area (TPSA) is 51.7 Å². The van der Waals surface area contributed by atoms with Gasteiger partial charge < -0.3 is 14.4 Å². The number of hydrogen-bond acceptors (Lipinski definition) is 4. The zero-order valence-corrected chi connectivity index (χ0v) is 13.9. The quantitative estimate of drug-likeness (QED) is 0.720. The molecule has 2 rings (SSSR count). The summed E-state index contributed by atoms with van der Waals surface area (Å²) in [4.78, 5) is 17.7. The average molecular weight is 348 g/mol. The van der Waals surface area contributed by atoms with Gasteiger partial charge in [0.05, 0.1) is 7.11 Å². The molecule has 2 aromatic rings. The summed E-state index contributed by atoms with van der Waals surface area (Å²) in [5.41, 5.74) is 1.54. The van der Waals surface area contributed by atoms with Crippen LogP contribution in [0.1, 0.15) is 11.1 Å². The van der Waals surface area contributed by atoms with Crippen molar-refractivity contribution in [2.45, 2.75) is 13.2 Å². The third-order valence-electron chi connectivity index (χ3n) is 3.34. The number of halogens is 2. The molecule has 0 aliphatic rings. The molecule has 0 atom stereocenters. The second-order valence-electron chi connectivity index (χ2n) is 5.18. The first-order valence-electron chi connectivity index (χ1n) is 7.44. The molecule has 25 heavy (non-hydrogen) atoms. The van der Waals surface area contributed by atoms with Gasteiger partial charge in [-0.05, 0) is 35.4 Å². The highest BCUT2D eigenvalue weighted by Gasteiger charge is 2.11. The smallest absolute Gasteiger partial charge is 0.387 e. The Labute approximate surface area is 144 Å². The number of hydrogen-bond donors (Lipinski definition) is 0. The highest BCUT2D eigenvalue weighted by molar-refractivity contribution is 5.91. The highest BCUT2D eigenvalue weighted by atomic mass is 19.3. The lowest BCUT2D eigenvalue weighted by Crippen LogP contribution is -2.24. The Morgan fingerprint density at radius 3 is 2.76 bits per heavy atom. The number of rotatable bonds is 7. The Balaban J connectivity index is 2.03. The molecule has 1 heterocycles. The number of carbonyl (C=O) groups excluding carboxylic acids is 1. The first-order chi connectivity index (χ1) is 12.0. The molecule has 5 nitrogen and oxygen atoms in total. The third-order valence-corrected chi connectivity index (χ3v) is 3.34. The van der Waals surface area contributed by atoms with Crippen LogP contribution in [0.4, 0.5) is 8.78 Å². The lowest BCUT2D eigenvalue weighted by Gasteiger charge is -2.14. The minimum absolute atomic E-state index is 0.0605. The Hall–Kier alpha value is -2.96. The maximum atomic E-state index is 12.3. The van der Waals surface area contributed by atoms with Crippen LogP contribution in [0.25, 0.3) is 6.08 Å². The van der Waals surface area contributed by atoms with E-state index in [1.54, 1.807) is 42.6 Å². The van der Waals surface area contributed by atoms with Crippen molar-refractivity contribution in [1.82, 2.24) is 9.88 Å². The molecule has 0 aliphatic heterocycles. The molecular weight excluding hydrogens is 330 g/mol. The molecule has 1 aromatic carbocycles. The Morgan fingerprint density at radius 1 is 1.32 bits per heavy atom. The molecule has 0 bridgehead atoms. The van der Waals surface area contributed by atoms with Gasteiger partial charge in [-0.25, -0.2) is 0 Å². The second-order valence-corrected chi connectivity index (χ2v) is 5.18. The minimum Gasteiger partial charge on any atom is -0.493 e. The molecule has 0 fully saturated rings. The number of ether oxygens (including phenoxy) is 2. The summed E-state index contributed by atoms with van der Waals surface area (Å²) < 4.78 is 34.0. The van der Waals surface area contributed by atoms with E-state index in [1.807, 2.05) is 6.07 Å². The molecule has 7 heteroatoms. The van der Waals surface area contributed by atoms with E-state index < -0.39 is 6.61 Å². The normalized spacial score (nSPS) is 10.9. The number of amides is 1. The second kappa shape index (κ2) is 8.77. The van der Waals surface area contributed by atoms with Gasteiger partial charge in [0.25, 0.3) is 0 Å². The highest BCUT2D eigenvalue weighted by Crippen LogP contribution is 2.29. The van der Waals surface area contributed by atoms with E-state index in [9.17, 15) is 13.6 Å². The van der Waals surface area contributed by atoms with Gasteiger partial charge in [0.15, 0.2) is 11.5 Å². The summed E-state index contributed by atoms with van der Waals surface area (Å²) in [5.74, 6) is -0.0935. The Kier molecular flexibility index (Phi) is 6.45. The lowest BCUT2D eigenvalue weighted by atomic mass is 10.2. The number of benzene rings is 1. The Morgan fingerprint density at radius 2 is 2.12 bits per heavy atom. The van der Waals surface area contributed by atoms with Crippen LogP contribution in [-0.2, 0) is 11.3 Å². The maximum Gasteiger partial charge on any atom is 0.387 e. The fraction of sp³-hybridized carbons (Fsp3) is 0.222. The number of aromatic nitrogens is 1. The molecule has 132 valence electrons. The van der Waals surface area contributed by atoms with Gasteiger partial charge in [-0.3, -0.25) is 9.78 Å². The summed E-state index contributed by atoms with van der Waals surface area (Å²) in [7, 11) is 3.04. The number of methoxy groups -OCH3 is 1. The number of likely N-dealkylation sites (N-methyl/N-ethyl adjacent to an activating group) is 1. The largest absolute Gasteiger partial charge is 0.493 e. The van der Waals surface area contributed by atoms with Crippen LogP contribution in [0, 0.1) is 0 Å². The predicted molar refractivity (Wildman–Crippen MR) is 89.4 cm³/mol. The van der Waals surface area contributed by atoms with Crippen molar-refractivity contribution < 1.29 is 23.0 Å². The molecule has 0 unspecified atom stereocenters. The number of alkyl halides is 2. The van der Waals surface area contributed by atoms with E-state index in [2.05, 4.69) is 9.72 Å². The van der Waals surface area contributed by atoms with E-state index in [1.165, 1.54) is 25.3 Å². The summed E-state index contributed by atoms with van der Waals surface area (Å²) >= 11 is 0. The molecule has 0 aliphatic carbocycles. The summed E-state index contributed by atoms with van der Waals surface area (Å²) in [5, 5.41) is 0. The molecule has 0 saturated carbocycles. The van der Waals surface area contributed by atoms with Crippen molar-refractivity contribution >= 4 is 12.0 Å². The number of pyridine rings is 1. The molecule has 1 amide bonds. The standard InChI is InChI=1S/C18H18F2N2O3/c1-22(12-14-4-3-9-21-11-14)17(23)8-6-13-5-7-15(25-18(19)20)16(10-13)24-2/h3-11,18H,12H2,1-2H3/b8-6+. The summed E-state index contributed by atoms with van der Waals surface area (Å²) in [6, 6.07) is 8.13. The van der Waals surface area contributed by atoms with Gasteiger partial charge in [-0.2, -0.15) is 8.78 Å². The molecule has 0 spiro atoms. The van der Waals surface area contributed by atoms with Gasteiger partial charge in [0, 0.05) is 32.1 Å². The fourth-order valence-corrected chi connectivity index (χ4v) is 2.12. The Bertz CT molecular complexity index is 736. The molecule has 0 radical (unpaired) electrons. The first kappa shape index (κ1) is 18.4.